The second-order valence-corrected chi connectivity index (χ2v) is 4.16. The lowest BCUT2D eigenvalue weighted by Crippen LogP contribution is -2.20. The summed E-state index contributed by atoms with van der Waals surface area (Å²) in [7, 11) is 1.76. The second-order valence-electron chi connectivity index (χ2n) is 4.16. The van der Waals surface area contributed by atoms with Gasteiger partial charge in [0.2, 0.25) is 0 Å². The highest BCUT2D eigenvalue weighted by Gasteiger charge is 2.12. The standard InChI is InChI=1S/C14H13FN4/c1-19(9-11-4-2-3-5-12(11)15)14-13(17)10(8-16)6-7-18-14/h2-7H,9,17H2,1H3. The van der Waals surface area contributed by atoms with Crippen molar-refractivity contribution in [3.63, 3.8) is 0 Å². The van der Waals surface area contributed by atoms with Crippen LogP contribution in [0.15, 0.2) is 36.5 Å². The summed E-state index contributed by atoms with van der Waals surface area (Å²) in [5.74, 6) is 0.201. The molecule has 0 aliphatic rings. The Morgan fingerprint density at radius 2 is 2.11 bits per heavy atom. The molecule has 19 heavy (non-hydrogen) atoms. The van der Waals surface area contributed by atoms with Crippen LogP contribution in [-0.4, -0.2) is 12.0 Å². The lowest BCUT2D eigenvalue weighted by Gasteiger charge is -2.20. The van der Waals surface area contributed by atoms with Crippen LogP contribution in [0.5, 0.6) is 0 Å². The molecule has 0 radical (unpaired) electrons. The summed E-state index contributed by atoms with van der Waals surface area (Å²) in [6.07, 6.45) is 1.52. The Bertz CT molecular complexity index is 634. The second kappa shape index (κ2) is 5.36. The van der Waals surface area contributed by atoms with Gasteiger partial charge >= 0.3 is 0 Å². The minimum Gasteiger partial charge on any atom is -0.395 e. The molecule has 0 amide bonds. The van der Waals surface area contributed by atoms with E-state index in [1.54, 1.807) is 36.2 Å². The molecular formula is C14H13FN4. The molecule has 0 saturated heterocycles. The fourth-order valence-corrected chi connectivity index (χ4v) is 1.82. The van der Waals surface area contributed by atoms with E-state index in [1.807, 2.05) is 6.07 Å². The van der Waals surface area contributed by atoms with Crippen molar-refractivity contribution in [2.45, 2.75) is 6.54 Å². The lowest BCUT2D eigenvalue weighted by atomic mass is 10.2. The molecule has 0 fully saturated rings. The van der Waals surface area contributed by atoms with Gasteiger partial charge in [0.05, 0.1) is 11.3 Å². The van der Waals surface area contributed by atoms with E-state index in [0.29, 0.717) is 29.2 Å². The van der Waals surface area contributed by atoms with Crippen molar-refractivity contribution < 1.29 is 4.39 Å². The minimum absolute atomic E-state index is 0.274. The van der Waals surface area contributed by atoms with Gasteiger partial charge < -0.3 is 10.6 Å². The fraction of sp³-hybridized carbons (Fsp3) is 0.143. The number of rotatable bonds is 3. The summed E-state index contributed by atoms with van der Waals surface area (Å²) in [6, 6.07) is 10.1. The van der Waals surface area contributed by atoms with Gasteiger partial charge in [0, 0.05) is 25.4 Å². The van der Waals surface area contributed by atoms with E-state index in [2.05, 4.69) is 4.98 Å². The van der Waals surface area contributed by atoms with Gasteiger partial charge in [0.25, 0.3) is 0 Å². The third-order valence-corrected chi connectivity index (χ3v) is 2.82. The van der Waals surface area contributed by atoms with Crippen LogP contribution in [0.4, 0.5) is 15.9 Å². The summed E-state index contributed by atoms with van der Waals surface area (Å²) in [4.78, 5) is 5.86. The van der Waals surface area contributed by atoms with Crippen LogP contribution in [0.1, 0.15) is 11.1 Å². The van der Waals surface area contributed by atoms with Crippen LogP contribution in [0, 0.1) is 17.1 Å². The van der Waals surface area contributed by atoms with Crippen LogP contribution in [0.2, 0.25) is 0 Å². The molecule has 0 unspecified atom stereocenters. The zero-order chi connectivity index (χ0) is 13.8. The highest BCUT2D eigenvalue weighted by molar-refractivity contribution is 5.69. The number of anilines is 2. The van der Waals surface area contributed by atoms with Crippen LogP contribution in [0.25, 0.3) is 0 Å². The Morgan fingerprint density at radius 3 is 2.79 bits per heavy atom. The average Bonchev–Trinajstić information content (AvgIpc) is 2.41. The van der Waals surface area contributed by atoms with Crippen LogP contribution >= 0.6 is 0 Å². The molecule has 0 spiro atoms. The maximum absolute atomic E-state index is 13.6. The molecule has 0 saturated carbocycles. The van der Waals surface area contributed by atoms with Crippen molar-refractivity contribution in [3.8, 4) is 6.07 Å². The molecule has 2 N–H and O–H groups in total. The van der Waals surface area contributed by atoms with Gasteiger partial charge in [-0.25, -0.2) is 9.37 Å². The average molecular weight is 256 g/mol. The number of pyridine rings is 1. The van der Waals surface area contributed by atoms with Crippen molar-refractivity contribution in [2.24, 2.45) is 0 Å². The fourth-order valence-electron chi connectivity index (χ4n) is 1.82. The highest BCUT2D eigenvalue weighted by atomic mass is 19.1. The van der Waals surface area contributed by atoms with Crippen molar-refractivity contribution in [1.29, 1.82) is 5.26 Å². The van der Waals surface area contributed by atoms with E-state index in [1.165, 1.54) is 12.3 Å². The van der Waals surface area contributed by atoms with E-state index in [4.69, 9.17) is 11.0 Å². The molecule has 96 valence electrons. The number of benzene rings is 1. The van der Waals surface area contributed by atoms with Crippen molar-refractivity contribution in [3.05, 3.63) is 53.5 Å². The van der Waals surface area contributed by atoms with Gasteiger partial charge in [-0.3, -0.25) is 0 Å². The molecule has 1 aromatic carbocycles. The number of nitrogen functional groups attached to an aromatic ring is 1. The first-order chi connectivity index (χ1) is 9.13. The number of hydrogen-bond donors (Lipinski definition) is 1. The molecule has 4 nitrogen and oxygen atoms in total. The highest BCUT2D eigenvalue weighted by Crippen LogP contribution is 2.24. The molecule has 0 atom stereocenters. The Kier molecular flexibility index (Phi) is 3.62. The van der Waals surface area contributed by atoms with Gasteiger partial charge in [0.1, 0.15) is 11.9 Å². The molecule has 1 aromatic heterocycles. The molecule has 0 bridgehead atoms. The first-order valence-corrected chi connectivity index (χ1v) is 5.72. The molecular weight excluding hydrogens is 243 g/mol. The summed E-state index contributed by atoms with van der Waals surface area (Å²) in [5, 5.41) is 8.92. The lowest BCUT2D eigenvalue weighted by molar-refractivity contribution is 0.607. The van der Waals surface area contributed by atoms with E-state index in [-0.39, 0.29) is 5.82 Å². The molecule has 0 aliphatic heterocycles. The van der Waals surface area contributed by atoms with Crippen molar-refractivity contribution >= 4 is 11.5 Å². The Morgan fingerprint density at radius 1 is 1.37 bits per heavy atom. The third-order valence-electron chi connectivity index (χ3n) is 2.82. The van der Waals surface area contributed by atoms with Gasteiger partial charge in [-0.05, 0) is 12.1 Å². The maximum atomic E-state index is 13.6. The number of halogens is 1. The van der Waals surface area contributed by atoms with Crippen molar-refractivity contribution in [1.82, 2.24) is 4.98 Å². The number of aromatic nitrogens is 1. The number of nitriles is 1. The van der Waals surface area contributed by atoms with Crippen LogP contribution < -0.4 is 10.6 Å². The van der Waals surface area contributed by atoms with Gasteiger partial charge in [-0.15, -0.1) is 0 Å². The number of nitrogens with two attached hydrogens (primary N) is 1. The Labute approximate surface area is 110 Å². The van der Waals surface area contributed by atoms with E-state index >= 15 is 0 Å². The van der Waals surface area contributed by atoms with E-state index in [0.717, 1.165) is 0 Å². The normalized spacial score (nSPS) is 9.95. The molecule has 5 heteroatoms. The predicted molar refractivity (Wildman–Crippen MR) is 71.9 cm³/mol. The number of nitrogens with zero attached hydrogens (tertiary/aromatic N) is 3. The monoisotopic (exact) mass is 256 g/mol. The molecule has 0 aliphatic carbocycles. The molecule has 2 rings (SSSR count). The minimum atomic E-state index is -0.274. The first-order valence-electron chi connectivity index (χ1n) is 5.72. The molecule has 1 heterocycles. The maximum Gasteiger partial charge on any atom is 0.153 e. The summed E-state index contributed by atoms with van der Waals surface area (Å²) < 4.78 is 13.6. The SMILES string of the molecule is CN(Cc1ccccc1F)c1nccc(C#N)c1N. The smallest absolute Gasteiger partial charge is 0.153 e. The van der Waals surface area contributed by atoms with Gasteiger partial charge in [-0.1, -0.05) is 18.2 Å². The zero-order valence-corrected chi connectivity index (χ0v) is 10.5. The molecule has 2 aromatic rings. The van der Waals surface area contributed by atoms with Gasteiger partial charge in [0.15, 0.2) is 5.82 Å². The van der Waals surface area contributed by atoms with Crippen LogP contribution in [0.3, 0.4) is 0 Å². The Hall–Kier alpha value is -2.61. The summed E-state index contributed by atoms with van der Waals surface area (Å²) in [5.41, 5.74) is 7.09. The van der Waals surface area contributed by atoms with E-state index in [9.17, 15) is 4.39 Å². The largest absolute Gasteiger partial charge is 0.395 e. The summed E-state index contributed by atoms with van der Waals surface area (Å²) >= 11 is 0. The van der Waals surface area contributed by atoms with Gasteiger partial charge in [-0.2, -0.15) is 5.26 Å². The number of hydrogen-bond acceptors (Lipinski definition) is 4. The van der Waals surface area contributed by atoms with Crippen LogP contribution in [-0.2, 0) is 6.54 Å². The Balaban J connectivity index is 2.29. The topological polar surface area (TPSA) is 65.9 Å². The third kappa shape index (κ3) is 2.63. The summed E-state index contributed by atoms with van der Waals surface area (Å²) in [6.45, 7) is 0.332. The first kappa shape index (κ1) is 12.8. The quantitative estimate of drug-likeness (QED) is 0.915. The predicted octanol–water partition coefficient (Wildman–Crippen LogP) is 2.31. The van der Waals surface area contributed by atoms with E-state index < -0.39 is 0 Å². The zero-order valence-electron chi connectivity index (χ0n) is 10.5. The van der Waals surface area contributed by atoms with Crippen molar-refractivity contribution in [2.75, 3.05) is 17.7 Å².